The SMILES string of the molecule is CSC(=O)c1cnc(N)c(C)c1. The van der Waals surface area contributed by atoms with Crippen LogP contribution in [-0.2, 0) is 0 Å². The van der Waals surface area contributed by atoms with Crippen molar-refractivity contribution in [3.63, 3.8) is 0 Å². The summed E-state index contributed by atoms with van der Waals surface area (Å²) in [7, 11) is 0. The number of nitrogens with two attached hydrogens (primary N) is 1. The van der Waals surface area contributed by atoms with Gasteiger partial charge in [-0.05, 0) is 24.8 Å². The summed E-state index contributed by atoms with van der Waals surface area (Å²) in [6.45, 7) is 1.83. The normalized spacial score (nSPS) is 9.83. The van der Waals surface area contributed by atoms with E-state index in [0.29, 0.717) is 11.4 Å². The van der Waals surface area contributed by atoms with Gasteiger partial charge < -0.3 is 5.73 Å². The van der Waals surface area contributed by atoms with Crippen molar-refractivity contribution < 1.29 is 4.79 Å². The molecule has 0 aromatic carbocycles. The molecule has 3 nitrogen and oxygen atoms in total. The van der Waals surface area contributed by atoms with E-state index in [9.17, 15) is 4.79 Å². The van der Waals surface area contributed by atoms with Crippen LogP contribution >= 0.6 is 11.8 Å². The van der Waals surface area contributed by atoms with Gasteiger partial charge >= 0.3 is 0 Å². The zero-order valence-corrected chi connectivity index (χ0v) is 7.81. The molecular formula is C8H10N2OS. The summed E-state index contributed by atoms with van der Waals surface area (Å²) in [6.07, 6.45) is 3.25. The maximum atomic E-state index is 11.2. The van der Waals surface area contributed by atoms with Gasteiger partial charge in [-0.1, -0.05) is 11.8 Å². The van der Waals surface area contributed by atoms with Crippen LogP contribution in [0.3, 0.4) is 0 Å². The second-order valence-corrected chi connectivity index (χ2v) is 3.20. The lowest BCUT2D eigenvalue weighted by Crippen LogP contribution is -1.99. The molecule has 1 heterocycles. The first-order valence-electron chi connectivity index (χ1n) is 3.45. The summed E-state index contributed by atoms with van der Waals surface area (Å²) in [5.41, 5.74) is 6.95. The van der Waals surface area contributed by atoms with Crippen LogP contribution in [0.1, 0.15) is 15.9 Å². The van der Waals surface area contributed by atoms with Crippen LogP contribution in [0.25, 0.3) is 0 Å². The Bertz CT molecular complexity index is 312. The summed E-state index contributed by atoms with van der Waals surface area (Å²) in [5.74, 6) is 0.479. The highest BCUT2D eigenvalue weighted by Crippen LogP contribution is 2.13. The number of carbonyl (C=O) groups excluding carboxylic acids is 1. The van der Waals surface area contributed by atoms with Crippen molar-refractivity contribution in [1.82, 2.24) is 4.98 Å². The van der Waals surface area contributed by atoms with E-state index in [4.69, 9.17) is 5.73 Å². The molecule has 0 aliphatic rings. The first-order chi connectivity index (χ1) is 5.65. The van der Waals surface area contributed by atoms with Crippen LogP contribution < -0.4 is 5.73 Å². The molecule has 0 unspecified atom stereocenters. The third-order valence-electron chi connectivity index (χ3n) is 1.54. The minimum atomic E-state index is 0.0191. The van der Waals surface area contributed by atoms with Crippen molar-refractivity contribution in [2.45, 2.75) is 6.92 Å². The fourth-order valence-corrected chi connectivity index (χ4v) is 1.16. The Morgan fingerprint density at radius 1 is 1.67 bits per heavy atom. The van der Waals surface area contributed by atoms with E-state index >= 15 is 0 Å². The maximum Gasteiger partial charge on any atom is 0.220 e. The average molecular weight is 182 g/mol. The summed E-state index contributed by atoms with van der Waals surface area (Å²) < 4.78 is 0. The smallest absolute Gasteiger partial charge is 0.220 e. The number of aromatic nitrogens is 1. The number of hydrogen-bond donors (Lipinski definition) is 1. The Labute approximate surface area is 75.4 Å². The van der Waals surface area contributed by atoms with Gasteiger partial charge in [0, 0.05) is 11.8 Å². The zero-order valence-electron chi connectivity index (χ0n) is 7.00. The van der Waals surface area contributed by atoms with Gasteiger partial charge in [-0.3, -0.25) is 4.79 Å². The number of hydrogen-bond acceptors (Lipinski definition) is 4. The molecule has 0 aliphatic heterocycles. The molecule has 4 heteroatoms. The predicted molar refractivity (Wildman–Crippen MR) is 51.2 cm³/mol. The van der Waals surface area contributed by atoms with Crippen molar-refractivity contribution in [3.05, 3.63) is 23.4 Å². The predicted octanol–water partition coefficient (Wildman–Crippen LogP) is 1.48. The fourth-order valence-electron chi connectivity index (χ4n) is 0.815. The van der Waals surface area contributed by atoms with Gasteiger partial charge in [0.25, 0.3) is 0 Å². The first kappa shape index (κ1) is 9.06. The number of rotatable bonds is 1. The molecule has 1 rings (SSSR count). The Morgan fingerprint density at radius 3 is 2.83 bits per heavy atom. The highest BCUT2D eigenvalue weighted by molar-refractivity contribution is 8.13. The van der Waals surface area contributed by atoms with Gasteiger partial charge in [0.05, 0.1) is 0 Å². The maximum absolute atomic E-state index is 11.2. The van der Waals surface area contributed by atoms with Crippen molar-refractivity contribution in [3.8, 4) is 0 Å². The van der Waals surface area contributed by atoms with Crippen molar-refractivity contribution in [2.75, 3.05) is 12.0 Å². The second kappa shape index (κ2) is 3.58. The molecule has 1 aromatic heterocycles. The van der Waals surface area contributed by atoms with E-state index in [1.165, 1.54) is 18.0 Å². The molecule has 0 spiro atoms. The Morgan fingerprint density at radius 2 is 2.33 bits per heavy atom. The molecule has 0 bridgehead atoms. The number of anilines is 1. The van der Waals surface area contributed by atoms with E-state index < -0.39 is 0 Å². The van der Waals surface area contributed by atoms with E-state index in [0.717, 1.165) is 5.56 Å². The summed E-state index contributed by atoms with van der Waals surface area (Å²) in [5, 5.41) is 0.0191. The van der Waals surface area contributed by atoms with Gasteiger partial charge in [0.1, 0.15) is 5.82 Å². The van der Waals surface area contributed by atoms with E-state index in [-0.39, 0.29) is 5.12 Å². The third kappa shape index (κ3) is 1.76. The molecule has 0 atom stereocenters. The van der Waals surface area contributed by atoms with Gasteiger partial charge in [0.2, 0.25) is 5.12 Å². The molecule has 12 heavy (non-hydrogen) atoms. The summed E-state index contributed by atoms with van der Waals surface area (Å²) >= 11 is 1.17. The molecule has 0 amide bonds. The Hall–Kier alpha value is -1.03. The molecule has 0 fully saturated rings. The monoisotopic (exact) mass is 182 g/mol. The molecular weight excluding hydrogens is 172 g/mol. The lowest BCUT2D eigenvalue weighted by atomic mass is 10.2. The van der Waals surface area contributed by atoms with Crippen LogP contribution in [0.4, 0.5) is 5.82 Å². The van der Waals surface area contributed by atoms with Crippen molar-refractivity contribution in [1.29, 1.82) is 0 Å². The average Bonchev–Trinajstić information content (AvgIpc) is 2.08. The van der Waals surface area contributed by atoms with Gasteiger partial charge in [0.15, 0.2) is 0 Å². The summed E-state index contributed by atoms with van der Waals surface area (Å²) in [4.78, 5) is 15.1. The standard InChI is InChI=1S/C8H10N2OS/c1-5-3-6(8(11)12-2)4-10-7(5)9/h3-4H,1-2H3,(H2,9,10). The topological polar surface area (TPSA) is 56.0 Å². The molecule has 0 saturated heterocycles. The number of thioether (sulfide) groups is 1. The highest BCUT2D eigenvalue weighted by atomic mass is 32.2. The van der Waals surface area contributed by atoms with Crippen LogP contribution in [-0.4, -0.2) is 16.4 Å². The molecule has 64 valence electrons. The third-order valence-corrected chi connectivity index (χ3v) is 2.15. The molecule has 0 aliphatic carbocycles. The number of nitrogen functional groups attached to an aromatic ring is 1. The van der Waals surface area contributed by atoms with E-state index in [2.05, 4.69) is 4.98 Å². The van der Waals surface area contributed by atoms with Gasteiger partial charge in [-0.15, -0.1) is 0 Å². The van der Waals surface area contributed by atoms with Gasteiger partial charge in [-0.25, -0.2) is 4.98 Å². The number of aryl methyl sites for hydroxylation is 1. The lowest BCUT2D eigenvalue weighted by Gasteiger charge is -2.00. The fraction of sp³-hybridized carbons (Fsp3) is 0.250. The highest BCUT2D eigenvalue weighted by Gasteiger charge is 2.05. The van der Waals surface area contributed by atoms with Crippen molar-refractivity contribution in [2.24, 2.45) is 0 Å². The van der Waals surface area contributed by atoms with Crippen LogP contribution in [0.2, 0.25) is 0 Å². The van der Waals surface area contributed by atoms with Crippen molar-refractivity contribution >= 4 is 22.7 Å². The van der Waals surface area contributed by atoms with Crippen LogP contribution in [0, 0.1) is 6.92 Å². The largest absolute Gasteiger partial charge is 0.383 e. The molecule has 0 radical (unpaired) electrons. The van der Waals surface area contributed by atoms with E-state index in [1.807, 2.05) is 6.92 Å². The number of pyridine rings is 1. The number of carbonyl (C=O) groups is 1. The van der Waals surface area contributed by atoms with Crippen LogP contribution in [0.5, 0.6) is 0 Å². The minimum absolute atomic E-state index is 0.0191. The Kier molecular flexibility index (Phi) is 2.70. The summed E-state index contributed by atoms with van der Waals surface area (Å²) in [6, 6.07) is 1.75. The Balaban J connectivity index is 3.05. The van der Waals surface area contributed by atoms with E-state index in [1.54, 1.807) is 12.3 Å². The quantitative estimate of drug-likeness (QED) is 0.714. The molecule has 0 saturated carbocycles. The second-order valence-electron chi connectivity index (χ2n) is 2.42. The first-order valence-corrected chi connectivity index (χ1v) is 4.68. The minimum Gasteiger partial charge on any atom is -0.383 e. The zero-order chi connectivity index (χ0) is 9.14. The molecule has 2 N–H and O–H groups in total. The molecule has 1 aromatic rings. The lowest BCUT2D eigenvalue weighted by molar-refractivity contribution is 0.108. The van der Waals surface area contributed by atoms with Crippen LogP contribution in [0.15, 0.2) is 12.3 Å². The van der Waals surface area contributed by atoms with Gasteiger partial charge in [-0.2, -0.15) is 0 Å². The number of nitrogens with zero attached hydrogens (tertiary/aromatic N) is 1.